The average Bonchev–Trinajstić information content (AvgIpc) is 3.36. The number of nitrogens with one attached hydrogen (secondary N) is 1. The number of amides is 1. The highest BCUT2D eigenvalue weighted by Gasteiger charge is 2.23. The minimum Gasteiger partial charge on any atom is -0.756 e. The first-order valence-corrected chi connectivity index (χ1v) is 34.5. The zero-order chi connectivity index (χ0) is 54.2. The molecule has 3 unspecified atom stereocenters. The fourth-order valence-corrected chi connectivity index (χ4v) is 11.1. The summed E-state index contributed by atoms with van der Waals surface area (Å²) in [5.41, 5.74) is 0. The molecule has 1 amide bonds. The van der Waals surface area contributed by atoms with Gasteiger partial charge in [-0.3, -0.25) is 9.36 Å². The maximum atomic E-state index is 13.0. The van der Waals surface area contributed by atoms with Gasteiger partial charge < -0.3 is 28.8 Å². The molecule has 0 aliphatic rings. The third-order valence-corrected chi connectivity index (χ3v) is 16.5. The number of allylic oxidation sites excluding steroid dienone is 1. The Morgan fingerprint density at radius 3 is 1.01 bits per heavy atom. The molecule has 0 spiro atoms. The SMILES string of the molecule is CCCCCCCCCCCCCCCCCC/C=C/C(O)C(COP(=O)([O-])OCC[N+](C)(C)C)NC(=O)CCCCCCCCCCCCCCCCCCCCCCCCCCCCCCCCCCCC. The molecule has 9 heteroatoms. The zero-order valence-electron chi connectivity index (χ0n) is 50.6. The molecule has 0 aliphatic carbocycles. The van der Waals surface area contributed by atoms with Crippen molar-refractivity contribution in [2.45, 2.75) is 360 Å². The van der Waals surface area contributed by atoms with Gasteiger partial charge in [0.05, 0.1) is 39.9 Å². The van der Waals surface area contributed by atoms with Gasteiger partial charge in [0, 0.05) is 6.42 Å². The standard InChI is InChI=1S/C65H131N2O6P/c1-6-8-10-12-14-16-18-20-22-24-26-27-28-29-30-31-32-33-34-35-36-37-38-39-40-41-43-45-47-49-51-53-55-57-59-65(69)66-63(62-73-74(70,71)72-61-60-67(3,4)5)64(68)58-56-54-52-50-48-46-44-42-25-23-21-19-17-15-13-11-9-7-2/h56,58,63-64,68H,6-55,57,59-62H2,1-5H3,(H-,66,69,70,71)/b58-56+. The number of likely N-dealkylation sites (N-methyl/N-ethyl adjacent to an activating group) is 1. The first kappa shape index (κ1) is 73.2. The van der Waals surface area contributed by atoms with Crippen molar-refractivity contribution in [3.63, 3.8) is 0 Å². The van der Waals surface area contributed by atoms with E-state index in [9.17, 15) is 19.4 Å². The van der Waals surface area contributed by atoms with Crippen LogP contribution >= 0.6 is 7.82 Å². The van der Waals surface area contributed by atoms with Gasteiger partial charge in [-0.25, -0.2) is 0 Å². The summed E-state index contributed by atoms with van der Waals surface area (Å²) >= 11 is 0. The lowest BCUT2D eigenvalue weighted by Crippen LogP contribution is -2.45. The molecular weight excluding hydrogens is 936 g/mol. The second-order valence-electron chi connectivity index (χ2n) is 24.2. The number of quaternary nitrogens is 1. The molecule has 0 aromatic heterocycles. The number of phosphoric ester groups is 1. The largest absolute Gasteiger partial charge is 0.756 e. The molecule has 74 heavy (non-hydrogen) atoms. The van der Waals surface area contributed by atoms with Crippen molar-refractivity contribution in [2.24, 2.45) is 0 Å². The normalized spacial score (nSPS) is 13.8. The molecule has 0 fully saturated rings. The second-order valence-corrected chi connectivity index (χ2v) is 25.6. The molecule has 8 nitrogen and oxygen atoms in total. The molecule has 0 rings (SSSR count). The molecule has 0 heterocycles. The zero-order valence-corrected chi connectivity index (χ0v) is 51.5. The van der Waals surface area contributed by atoms with Crippen molar-refractivity contribution >= 4 is 13.7 Å². The molecule has 0 saturated carbocycles. The summed E-state index contributed by atoms with van der Waals surface area (Å²) in [5, 5.41) is 13.9. The Bertz CT molecular complexity index is 1210. The van der Waals surface area contributed by atoms with Crippen LogP contribution in [0, 0.1) is 0 Å². The Balaban J connectivity index is 3.97. The van der Waals surface area contributed by atoms with Gasteiger partial charge in [0.1, 0.15) is 13.2 Å². The van der Waals surface area contributed by atoms with Crippen molar-refractivity contribution in [3.8, 4) is 0 Å². The van der Waals surface area contributed by atoms with Crippen LogP contribution in [0.3, 0.4) is 0 Å². The van der Waals surface area contributed by atoms with Crippen LogP contribution in [0.1, 0.15) is 348 Å². The minimum atomic E-state index is -4.59. The number of aliphatic hydroxyl groups is 1. The molecule has 0 bridgehead atoms. The van der Waals surface area contributed by atoms with Gasteiger partial charge in [0.15, 0.2) is 0 Å². The van der Waals surface area contributed by atoms with Crippen LogP contribution in [0.25, 0.3) is 0 Å². The Labute approximate surface area is 462 Å². The van der Waals surface area contributed by atoms with Gasteiger partial charge in [-0.1, -0.05) is 334 Å². The number of carbonyl (C=O) groups is 1. The van der Waals surface area contributed by atoms with Crippen molar-refractivity contribution in [2.75, 3.05) is 40.9 Å². The predicted molar refractivity (Wildman–Crippen MR) is 321 cm³/mol. The molecule has 0 saturated heterocycles. The lowest BCUT2D eigenvalue weighted by atomic mass is 10.0. The summed E-state index contributed by atoms with van der Waals surface area (Å²) in [6.45, 7) is 4.71. The number of rotatable bonds is 62. The first-order valence-electron chi connectivity index (χ1n) is 33.1. The number of nitrogens with zero attached hydrogens (tertiary/aromatic N) is 1. The van der Waals surface area contributed by atoms with E-state index in [0.717, 1.165) is 38.5 Å². The van der Waals surface area contributed by atoms with Crippen molar-refractivity contribution in [1.29, 1.82) is 0 Å². The summed E-state index contributed by atoms with van der Waals surface area (Å²) in [6, 6.07) is -0.882. The molecule has 0 aromatic carbocycles. The molecule has 0 radical (unpaired) electrons. The van der Waals surface area contributed by atoms with Gasteiger partial charge in [0.2, 0.25) is 5.91 Å². The van der Waals surface area contributed by atoms with Crippen LogP contribution in [0.5, 0.6) is 0 Å². The maximum absolute atomic E-state index is 13.0. The number of carbonyl (C=O) groups excluding carboxylic acids is 1. The highest BCUT2D eigenvalue weighted by Crippen LogP contribution is 2.38. The molecule has 0 aromatic rings. The van der Waals surface area contributed by atoms with Crippen LogP contribution in [-0.4, -0.2) is 68.5 Å². The molecule has 3 atom stereocenters. The summed E-state index contributed by atoms with van der Waals surface area (Å²) in [6.07, 6.45) is 71.8. The first-order chi connectivity index (χ1) is 36.0. The Morgan fingerprint density at radius 1 is 0.459 bits per heavy atom. The van der Waals surface area contributed by atoms with E-state index in [1.54, 1.807) is 6.08 Å². The van der Waals surface area contributed by atoms with Gasteiger partial charge >= 0.3 is 0 Å². The molecular formula is C65H131N2O6P. The predicted octanol–water partition coefficient (Wildman–Crippen LogP) is 19.9. The lowest BCUT2D eigenvalue weighted by molar-refractivity contribution is -0.870. The minimum absolute atomic E-state index is 0.00279. The van der Waals surface area contributed by atoms with E-state index < -0.39 is 20.0 Å². The van der Waals surface area contributed by atoms with E-state index in [4.69, 9.17) is 9.05 Å². The van der Waals surface area contributed by atoms with Crippen LogP contribution in [-0.2, 0) is 18.4 Å². The maximum Gasteiger partial charge on any atom is 0.268 e. The Morgan fingerprint density at radius 2 is 0.730 bits per heavy atom. The Hall–Kier alpha value is -0.760. The van der Waals surface area contributed by atoms with Gasteiger partial charge in [-0.15, -0.1) is 0 Å². The number of unbranched alkanes of at least 4 members (excludes halogenated alkanes) is 49. The van der Waals surface area contributed by atoms with Gasteiger partial charge in [-0.2, -0.15) is 0 Å². The van der Waals surface area contributed by atoms with Gasteiger partial charge in [-0.05, 0) is 19.3 Å². The summed E-state index contributed by atoms with van der Waals surface area (Å²) in [7, 11) is 1.28. The number of hydrogen-bond acceptors (Lipinski definition) is 6. The summed E-state index contributed by atoms with van der Waals surface area (Å²) in [5.74, 6) is -0.188. The second kappa shape index (κ2) is 56.9. The fourth-order valence-electron chi connectivity index (χ4n) is 10.3. The highest BCUT2D eigenvalue weighted by atomic mass is 31.2. The molecule has 0 aliphatic heterocycles. The summed E-state index contributed by atoms with van der Waals surface area (Å²) in [4.78, 5) is 25.6. The summed E-state index contributed by atoms with van der Waals surface area (Å²) < 4.78 is 23.4. The number of phosphoric acid groups is 1. The van der Waals surface area contributed by atoms with E-state index in [0.29, 0.717) is 17.4 Å². The lowest BCUT2D eigenvalue weighted by Gasteiger charge is -2.29. The smallest absolute Gasteiger partial charge is 0.268 e. The number of aliphatic hydroxyl groups excluding tert-OH is 1. The third kappa shape index (κ3) is 58.9. The number of hydrogen-bond donors (Lipinski definition) is 2. The van der Waals surface area contributed by atoms with Crippen molar-refractivity contribution in [3.05, 3.63) is 12.2 Å². The van der Waals surface area contributed by atoms with E-state index in [1.165, 1.54) is 289 Å². The van der Waals surface area contributed by atoms with E-state index in [-0.39, 0.29) is 19.1 Å². The van der Waals surface area contributed by atoms with E-state index in [2.05, 4.69) is 19.2 Å². The molecule has 442 valence electrons. The Kier molecular flexibility index (Phi) is 56.4. The monoisotopic (exact) mass is 1070 g/mol. The van der Waals surface area contributed by atoms with Gasteiger partial charge in [0.25, 0.3) is 7.82 Å². The molecule has 2 N–H and O–H groups in total. The highest BCUT2D eigenvalue weighted by molar-refractivity contribution is 7.45. The third-order valence-electron chi connectivity index (χ3n) is 15.5. The topological polar surface area (TPSA) is 108 Å². The van der Waals surface area contributed by atoms with Crippen molar-refractivity contribution < 1.29 is 32.9 Å². The van der Waals surface area contributed by atoms with Crippen LogP contribution in [0.15, 0.2) is 12.2 Å². The quantitative estimate of drug-likeness (QED) is 0.0272. The van der Waals surface area contributed by atoms with E-state index in [1.807, 2.05) is 27.2 Å². The average molecular weight is 1070 g/mol. The van der Waals surface area contributed by atoms with Crippen LogP contribution in [0.2, 0.25) is 0 Å². The van der Waals surface area contributed by atoms with E-state index >= 15 is 0 Å². The van der Waals surface area contributed by atoms with Crippen LogP contribution in [0.4, 0.5) is 0 Å². The fraction of sp³-hybridized carbons (Fsp3) is 0.954. The van der Waals surface area contributed by atoms with Crippen molar-refractivity contribution in [1.82, 2.24) is 5.32 Å². The van der Waals surface area contributed by atoms with Crippen LogP contribution < -0.4 is 10.2 Å².